The molecule has 80 valence electrons. The Labute approximate surface area is 84.7 Å². The second-order valence-electron chi connectivity index (χ2n) is 3.97. The van der Waals surface area contributed by atoms with Crippen LogP contribution in [-0.4, -0.2) is 42.8 Å². The summed E-state index contributed by atoms with van der Waals surface area (Å²) in [5, 5.41) is 7.17. The van der Waals surface area contributed by atoms with Crippen LogP contribution in [0.1, 0.15) is 26.2 Å². The zero-order chi connectivity index (χ0) is 10.6. The van der Waals surface area contributed by atoms with Gasteiger partial charge < -0.3 is 15.0 Å². The molecule has 0 unspecified atom stereocenters. The summed E-state index contributed by atoms with van der Waals surface area (Å²) in [6, 6.07) is 0. The molecule has 1 rings (SSSR count). The highest BCUT2D eigenvalue weighted by molar-refractivity contribution is 5.95. The molecule has 1 N–H and O–H groups in total. The Morgan fingerprint density at radius 1 is 1.64 bits per heavy atom. The summed E-state index contributed by atoms with van der Waals surface area (Å²) < 4.78 is 5.25. The van der Waals surface area contributed by atoms with Crippen LogP contribution in [0.3, 0.4) is 0 Å². The molecule has 1 atom stereocenters. The molecule has 4 heteroatoms. The van der Waals surface area contributed by atoms with Crippen LogP contribution in [0.25, 0.3) is 0 Å². The minimum Gasteiger partial charge on any atom is -0.461 e. The number of nitrogens with one attached hydrogen (secondary N) is 1. The summed E-state index contributed by atoms with van der Waals surface area (Å²) in [4.78, 5) is 13.4. The summed E-state index contributed by atoms with van der Waals surface area (Å²) in [6.45, 7) is 3.52. The van der Waals surface area contributed by atoms with Gasteiger partial charge in [-0.1, -0.05) is 0 Å². The molecule has 1 aliphatic heterocycles. The van der Waals surface area contributed by atoms with E-state index in [-0.39, 0.29) is 18.5 Å². The number of likely N-dealkylation sites (N-methyl/N-ethyl adjacent to an activating group) is 1. The van der Waals surface area contributed by atoms with Crippen LogP contribution in [0.5, 0.6) is 0 Å². The first-order valence-corrected chi connectivity index (χ1v) is 5.00. The van der Waals surface area contributed by atoms with Crippen LogP contribution in [-0.2, 0) is 9.53 Å². The van der Waals surface area contributed by atoms with Gasteiger partial charge in [-0.3, -0.25) is 4.79 Å². The first kappa shape index (κ1) is 11.2. The number of piperidine rings is 1. The summed E-state index contributed by atoms with van der Waals surface area (Å²) in [7, 11) is 2.03. The largest absolute Gasteiger partial charge is 0.461 e. The van der Waals surface area contributed by atoms with Gasteiger partial charge in [-0.25, -0.2) is 0 Å². The van der Waals surface area contributed by atoms with Gasteiger partial charge in [0.05, 0.1) is 6.42 Å². The Morgan fingerprint density at radius 3 is 2.93 bits per heavy atom. The maximum atomic E-state index is 11.2. The van der Waals surface area contributed by atoms with Crippen molar-refractivity contribution >= 4 is 11.7 Å². The van der Waals surface area contributed by atoms with Crippen molar-refractivity contribution in [3.8, 4) is 0 Å². The molecular weight excluding hydrogens is 180 g/mol. The number of nitrogens with zero attached hydrogens (tertiary/aromatic N) is 1. The van der Waals surface area contributed by atoms with Crippen molar-refractivity contribution in [2.45, 2.75) is 32.3 Å². The van der Waals surface area contributed by atoms with E-state index in [1.807, 2.05) is 7.05 Å². The highest BCUT2D eigenvalue weighted by Gasteiger charge is 2.20. The zero-order valence-electron chi connectivity index (χ0n) is 8.88. The molecule has 1 fully saturated rings. The van der Waals surface area contributed by atoms with E-state index in [1.165, 1.54) is 0 Å². The maximum Gasteiger partial charge on any atom is 0.311 e. The van der Waals surface area contributed by atoms with Crippen LogP contribution in [0.15, 0.2) is 0 Å². The number of likely N-dealkylation sites (tertiary alicyclic amines) is 1. The first-order chi connectivity index (χ1) is 6.58. The van der Waals surface area contributed by atoms with Crippen molar-refractivity contribution in [3.63, 3.8) is 0 Å². The van der Waals surface area contributed by atoms with Crippen LogP contribution < -0.4 is 0 Å². The minimum atomic E-state index is -0.266. The van der Waals surface area contributed by atoms with E-state index in [2.05, 4.69) is 4.90 Å². The lowest BCUT2D eigenvalue weighted by Crippen LogP contribution is -2.38. The Hall–Kier alpha value is -0.900. The first-order valence-electron chi connectivity index (χ1n) is 5.00. The molecule has 4 nitrogen and oxygen atoms in total. The molecule has 1 heterocycles. The lowest BCUT2D eigenvalue weighted by Gasteiger charge is -2.29. The normalized spacial score (nSPS) is 23.1. The average Bonchev–Trinajstić information content (AvgIpc) is 2.01. The Balaban J connectivity index is 2.28. The second-order valence-corrected chi connectivity index (χ2v) is 3.97. The van der Waals surface area contributed by atoms with E-state index < -0.39 is 0 Å². The summed E-state index contributed by atoms with van der Waals surface area (Å²) in [5.41, 5.74) is 0.360. The molecule has 0 spiro atoms. The third kappa shape index (κ3) is 3.87. The zero-order valence-corrected chi connectivity index (χ0v) is 8.88. The van der Waals surface area contributed by atoms with Gasteiger partial charge in [-0.05, 0) is 33.4 Å². The van der Waals surface area contributed by atoms with Gasteiger partial charge in [0.25, 0.3) is 0 Å². The monoisotopic (exact) mass is 198 g/mol. The molecule has 0 aromatic rings. The van der Waals surface area contributed by atoms with Gasteiger partial charge in [0.15, 0.2) is 0 Å². The number of hydrogen-bond donors (Lipinski definition) is 1. The molecular formula is C10H18N2O2. The van der Waals surface area contributed by atoms with Gasteiger partial charge in [0.1, 0.15) is 6.10 Å². The molecule has 0 amide bonds. The van der Waals surface area contributed by atoms with Crippen molar-refractivity contribution in [2.24, 2.45) is 0 Å². The molecule has 14 heavy (non-hydrogen) atoms. The predicted octanol–water partition coefficient (Wildman–Crippen LogP) is 1.05. The smallest absolute Gasteiger partial charge is 0.311 e. The number of hydrogen-bond acceptors (Lipinski definition) is 4. The third-order valence-corrected chi connectivity index (χ3v) is 2.29. The fraction of sp³-hybridized carbons (Fsp3) is 0.800. The van der Waals surface area contributed by atoms with Crippen molar-refractivity contribution in [2.75, 3.05) is 20.1 Å². The van der Waals surface area contributed by atoms with E-state index in [1.54, 1.807) is 6.92 Å². The SMILES string of the molecule is CC(=N)CC(=O)O[C@H]1CCCN(C)C1. The number of carbonyl (C=O) groups is 1. The van der Waals surface area contributed by atoms with E-state index >= 15 is 0 Å². The lowest BCUT2D eigenvalue weighted by atomic mass is 10.1. The van der Waals surface area contributed by atoms with E-state index in [4.69, 9.17) is 10.1 Å². The molecule has 0 aromatic carbocycles. The predicted molar refractivity (Wildman–Crippen MR) is 54.6 cm³/mol. The molecule has 0 bridgehead atoms. The van der Waals surface area contributed by atoms with Crippen molar-refractivity contribution in [1.29, 1.82) is 5.41 Å². The molecule has 0 aliphatic carbocycles. The van der Waals surface area contributed by atoms with E-state index in [9.17, 15) is 4.79 Å². The van der Waals surface area contributed by atoms with Gasteiger partial charge >= 0.3 is 5.97 Å². The Morgan fingerprint density at radius 2 is 2.36 bits per heavy atom. The summed E-state index contributed by atoms with van der Waals surface area (Å²) in [5.74, 6) is -0.266. The Kier molecular flexibility index (Phi) is 4.07. The van der Waals surface area contributed by atoms with Crippen LogP contribution in [0.2, 0.25) is 0 Å². The fourth-order valence-electron chi connectivity index (χ4n) is 1.66. The van der Waals surface area contributed by atoms with Crippen LogP contribution in [0, 0.1) is 5.41 Å². The fourth-order valence-corrected chi connectivity index (χ4v) is 1.66. The topological polar surface area (TPSA) is 53.4 Å². The average molecular weight is 198 g/mol. The third-order valence-electron chi connectivity index (χ3n) is 2.29. The Bertz CT molecular complexity index is 228. The molecule has 1 saturated heterocycles. The van der Waals surface area contributed by atoms with Crippen LogP contribution in [0.4, 0.5) is 0 Å². The van der Waals surface area contributed by atoms with E-state index in [0.29, 0.717) is 5.71 Å². The maximum absolute atomic E-state index is 11.2. The number of rotatable bonds is 3. The lowest BCUT2D eigenvalue weighted by molar-refractivity contribution is -0.149. The quantitative estimate of drug-likeness (QED) is 0.545. The van der Waals surface area contributed by atoms with Gasteiger partial charge in [0, 0.05) is 12.3 Å². The molecule has 1 aliphatic rings. The number of ether oxygens (including phenoxy) is 1. The number of carbonyl (C=O) groups excluding carboxylic acids is 1. The van der Waals surface area contributed by atoms with Gasteiger partial charge in [-0.2, -0.15) is 0 Å². The van der Waals surface area contributed by atoms with Crippen molar-refractivity contribution in [1.82, 2.24) is 4.90 Å². The van der Waals surface area contributed by atoms with E-state index in [0.717, 1.165) is 25.9 Å². The van der Waals surface area contributed by atoms with Gasteiger partial charge in [0.2, 0.25) is 0 Å². The summed E-state index contributed by atoms with van der Waals surface area (Å²) in [6.07, 6.45) is 2.19. The number of esters is 1. The van der Waals surface area contributed by atoms with Crippen molar-refractivity contribution < 1.29 is 9.53 Å². The highest BCUT2D eigenvalue weighted by Crippen LogP contribution is 2.12. The second kappa shape index (κ2) is 5.10. The van der Waals surface area contributed by atoms with Crippen molar-refractivity contribution in [3.05, 3.63) is 0 Å². The standard InChI is InChI=1S/C10H18N2O2/c1-8(11)6-10(13)14-9-4-3-5-12(2)7-9/h9,11H,3-7H2,1-2H3/t9-/m0/s1. The summed E-state index contributed by atoms with van der Waals surface area (Å²) >= 11 is 0. The highest BCUT2D eigenvalue weighted by atomic mass is 16.5. The molecule has 0 aromatic heterocycles. The minimum absolute atomic E-state index is 0.0283. The molecule has 0 saturated carbocycles. The van der Waals surface area contributed by atoms with Crippen LogP contribution >= 0.6 is 0 Å². The molecule has 0 radical (unpaired) electrons. The van der Waals surface area contributed by atoms with Gasteiger partial charge in [-0.15, -0.1) is 0 Å².